The fourth-order valence-corrected chi connectivity index (χ4v) is 3.76. The van der Waals surface area contributed by atoms with Crippen molar-refractivity contribution in [2.24, 2.45) is 0 Å². The normalized spacial score (nSPS) is 13.8. The van der Waals surface area contributed by atoms with Gasteiger partial charge in [0.15, 0.2) is 5.82 Å². The van der Waals surface area contributed by atoms with E-state index in [1.807, 2.05) is 38.1 Å². The molecule has 3 heterocycles. The van der Waals surface area contributed by atoms with Gasteiger partial charge in [0.2, 0.25) is 5.91 Å². The van der Waals surface area contributed by atoms with E-state index in [1.54, 1.807) is 0 Å². The van der Waals surface area contributed by atoms with Crippen molar-refractivity contribution in [3.63, 3.8) is 0 Å². The zero-order valence-corrected chi connectivity index (χ0v) is 16.4. The Bertz CT molecular complexity index is 969. The van der Waals surface area contributed by atoms with Crippen molar-refractivity contribution in [2.45, 2.75) is 58.9 Å². The van der Waals surface area contributed by atoms with Gasteiger partial charge in [0.05, 0.1) is 5.69 Å². The Morgan fingerprint density at radius 2 is 2.11 bits per heavy atom. The molecule has 1 aliphatic heterocycles. The van der Waals surface area contributed by atoms with Gasteiger partial charge in [-0.05, 0) is 45.2 Å². The number of anilines is 1. The molecule has 0 saturated carbocycles. The molecule has 0 aliphatic carbocycles. The summed E-state index contributed by atoms with van der Waals surface area (Å²) in [6.45, 7) is 4.72. The Morgan fingerprint density at radius 3 is 2.93 bits per heavy atom. The maximum Gasteiger partial charge on any atom is 0.224 e. The number of fused-ring (bicyclic) bond motifs is 1. The minimum Gasteiger partial charge on any atom is -0.361 e. The van der Waals surface area contributed by atoms with Crippen LogP contribution in [0.2, 0.25) is 0 Å². The van der Waals surface area contributed by atoms with Crippen LogP contribution in [-0.4, -0.2) is 25.8 Å². The summed E-state index contributed by atoms with van der Waals surface area (Å²) in [5, 5.41) is 15.7. The first-order valence-electron chi connectivity index (χ1n) is 9.86. The first kappa shape index (κ1) is 18.4. The van der Waals surface area contributed by atoms with Crippen LogP contribution in [0.25, 0.3) is 11.4 Å². The number of nitrogens with zero attached hydrogens (tertiary/aromatic N) is 4. The summed E-state index contributed by atoms with van der Waals surface area (Å²) < 4.78 is 7.37. The summed E-state index contributed by atoms with van der Waals surface area (Å²) in [4.78, 5) is 12.4. The molecule has 28 heavy (non-hydrogen) atoms. The summed E-state index contributed by atoms with van der Waals surface area (Å²) in [7, 11) is 0. The van der Waals surface area contributed by atoms with Crippen LogP contribution in [0.4, 0.5) is 5.69 Å². The van der Waals surface area contributed by atoms with Crippen LogP contribution in [0.1, 0.15) is 48.5 Å². The van der Waals surface area contributed by atoms with E-state index < -0.39 is 0 Å². The first-order valence-corrected chi connectivity index (χ1v) is 9.86. The van der Waals surface area contributed by atoms with E-state index in [4.69, 9.17) is 4.52 Å². The van der Waals surface area contributed by atoms with Crippen LogP contribution < -0.4 is 5.32 Å². The zero-order chi connectivity index (χ0) is 19.5. The highest BCUT2D eigenvalue weighted by atomic mass is 16.5. The molecule has 1 amide bonds. The molecular formula is C21H25N5O2. The Kier molecular flexibility index (Phi) is 5.23. The molecule has 7 nitrogen and oxygen atoms in total. The van der Waals surface area contributed by atoms with Gasteiger partial charge in [-0.1, -0.05) is 23.7 Å². The summed E-state index contributed by atoms with van der Waals surface area (Å²) in [5.41, 5.74) is 3.60. The number of amides is 1. The lowest BCUT2D eigenvalue weighted by Gasteiger charge is -2.09. The molecule has 0 spiro atoms. The van der Waals surface area contributed by atoms with Gasteiger partial charge in [-0.3, -0.25) is 4.79 Å². The van der Waals surface area contributed by atoms with Gasteiger partial charge >= 0.3 is 0 Å². The van der Waals surface area contributed by atoms with Gasteiger partial charge in [-0.25, -0.2) is 0 Å². The number of benzene rings is 1. The van der Waals surface area contributed by atoms with Crippen LogP contribution in [-0.2, 0) is 24.2 Å². The van der Waals surface area contributed by atoms with Crippen molar-refractivity contribution in [3.8, 4) is 11.4 Å². The predicted octanol–water partition coefficient (Wildman–Crippen LogP) is 3.85. The smallest absolute Gasteiger partial charge is 0.224 e. The first-order chi connectivity index (χ1) is 13.6. The minimum atomic E-state index is -0.0303. The van der Waals surface area contributed by atoms with Crippen molar-refractivity contribution in [1.29, 1.82) is 0 Å². The lowest BCUT2D eigenvalue weighted by Crippen LogP contribution is -2.12. The molecule has 0 bridgehead atoms. The average Bonchev–Trinajstić information content (AvgIpc) is 3.14. The van der Waals surface area contributed by atoms with E-state index in [0.717, 1.165) is 59.3 Å². The Balaban J connectivity index is 1.46. The monoisotopic (exact) mass is 379 g/mol. The molecule has 1 N–H and O–H groups in total. The fourth-order valence-electron chi connectivity index (χ4n) is 3.76. The second-order valence-electron chi connectivity index (χ2n) is 7.33. The van der Waals surface area contributed by atoms with Gasteiger partial charge < -0.3 is 14.4 Å². The second-order valence-corrected chi connectivity index (χ2v) is 7.33. The van der Waals surface area contributed by atoms with Gasteiger partial charge in [-0.15, -0.1) is 10.2 Å². The second kappa shape index (κ2) is 7.96. The molecule has 1 aromatic carbocycles. The third kappa shape index (κ3) is 3.83. The number of carbonyl (C=O) groups is 1. The fraction of sp³-hybridized carbons (Fsp3) is 0.429. The zero-order valence-electron chi connectivity index (χ0n) is 16.4. The van der Waals surface area contributed by atoms with Gasteiger partial charge in [0.1, 0.15) is 11.6 Å². The maximum absolute atomic E-state index is 12.4. The third-order valence-electron chi connectivity index (χ3n) is 5.30. The van der Waals surface area contributed by atoms with Crippen molar-refractivity contribution in [2.75, 3.05) is 5.32 Å². The van der Waals surface area contributed by atoms with Crippen molar-refractivity contribution in [1.82, 2.24) is 19.9 Å². The largest absolute Gasteiger partial charge is 0.361 e. The summed E-state index contributed by atoms with van der Waals surface area (Å²) >= 11 is 0. The molecule has 3 aromatic rings. The molecule has 0 atom stereocenters. The maximum atomic E-state index is 12.4. The number of hydrogen-bond acceptors (Lipinski definition) is 5. The molecule has 4 rings (SSSR count). The molecule has 0 unspecified atom stereocenters. The standard InChI is InChI=1S/C21H25N5O2/c1-14-18(15(2)28-25-14)10-11-20(27)22-17-8-6-7-16(13-17)21-24-23-19-9-4-3-5-12-26(19)21/h6-8,13H,3-5,9-12H2,1-2H3,(H,22,27). The lowest BCUT2D eigenvalue weighted by atomic mass is 10.1. The van der Waals surface area contributed by atoms with E-state index in [0.29, 0.717) is 12.8 Å². The minimum absolute atomic E-state index is 0.0303. The summed E-state index contributed by atoms with van der Waals surface area (Å²) in [5.74, 6) is 2.68. The highest BCUT2D eigenvalue weighted by Crippen LogP contribution is 2.25. The SMILES string of the molecule is Cc1noc(C)c1CCC(=O)Nc1cccc(-c2nnc3n2CCCCC3)c1. The number of rotatable bonds is 5. The number of aryl methyl sites for hydroxylation is 3. The third-order valence-corrected chi connectivity index (χ3v) is 5.30. The van der Waals surface area contributed by atoms with E-state index in [9.17, 15) is 4.79 Å². The van der Waals surface area contributed by atoms with Crippen LogP contribution in [0.15, 0.2) is 28.8 Å². The molecule has 1 aliphatic rings. The molecule has 2 aromatic heterocycles. The van der Waals surface area contributed by atoms with Gasteiger partial charge in [0.25, 0.3) is 0 Å². The highest BCUT2D eigenvalue weighted by Gasteiger charge is 2.16. The van der Waals surface area contributed by atoms with Gasteiger partial charge in [-0.2, -0.15) is 0 Å². The number of hydrogen-bond donors (Lipinski definition) is 1. The molecule has 0 fully saturated rings. The van der Waals surface area contributed by atoms with Crippen LogP contribution in [0, 0.1) is 13.8 Å². The molecule has 0 radical (unpaired) electrons. The predicted molar refractivity (Wildman–Crippen MR) is 106 cm³/mol. The molecule has 146 valence electrons. The quantitative estimate of drug-likeness (QED) is 0.728. The van der Waals surface area contributed by atoms with E-state index >= 15 is 0 Å². The molecule has 0 saturated heterocycles. The van der Waals surface area contributed by atoms with Crippen molar-refractivity contribution in [3.05, 3.63) is 47.1 Å². The average molecular weight is 379 g/mol. The summed E-state index contributed by atoms with van der Waals surface area (Å²) in [6.07, 6.45) is 5.52. The van der Waals surface area contributed by atoms with E-state index in [-0.39, 0.29) is 5.91 Å². The topological polar surface area (TPSA) is 85.8 Å². The van der Waals surface area contributed by atoms with Gasteiger partial charge in [0, 0.05) is 36.2 Å². The molecule has 7 heteroatoms. The van der Waals surface area contributed by atoms with Crippen molar-refractivity contribution >= 4 is 11.6 Å². The highest BCUT2D eigenvalue weighted by molar-refractivity contribution is 5.91. The van der Waals surface area contributed by atoms with E-state index in [2.05, 4.69) is 25.2 Å². The number of nitrogens with one attached hydrogen (secondary N) is 1. The Hall–Kier alpha value is -2.96. The van der Waals surface area contributed by atoms with Crippen LogP contribution in [0.5, 0.6) is 0 Å². The molecular weight excluding hydrogens is 354 g/mol. The summed E-state index contributed by atoms with van der Waals surface area (Å²) in [6, 6.07) is 7.83. The van der Waals surface area contributed by atoms with Crippen LogP contribution >= 0.6 is 0 Å². The number of aromatic nitrogens is 4. The Labute approximate surface area is 164 Å². The number of carbonyl (C=O) groups excluding carboxylic acids is 1. The van der Waals surface area contributed by atoms with Crippen LogP contribution in [0.3, 0.4) is 0 Å². The van der Waals surface area contributed by atoms with E-state index in [1.165, 1.54) is 12.8 Å². The lowest BCUT2D eigenvalue weighted by molar-refractivity contribution is -0.116. The van der Waals surface area contributed by atoms with Crippen molar-refractivity contribution < 1.29 is 9.32 Å². The Morgan fingerprint density at radius 1 is 1.21 bits per heavy atom.